The Morgan fingerprint density at radius 1 is 0.967 bits per heavy atom. The van der Waals surface area contributed by atoms with E-state index in [1.807, 2.05) is 0 Å². The summed E-state index contributed by atoms with van der Waals surface area (Å²) in [5.74, 6) is 1.25. The van der Waals surface area contributed by atoms with Gasteiger partial charge >= 0.3 is 0 Å². The summed E-state index contributed by atoms with van der Waals surface area (Å²) in [6.07, 6.45) is 0. The Kier molecular flexibility index (Phi) is 6.49. The second kappa shape index (κ2) is 9.42. The molecule has 8 nitrogen and oxygen atoms in total. The van der Waals surface area contributed by atoms with Gasteiger partial charge in [0.1, 0.15) is 17.2 Å². The lowest BCUT2D eigenvalue weighted by atomic mass is 10.0. The van der Waals surface area contributed by atoms with E-state index in [2.05, 4.69) is 5.32 Å². The quantitative estimate of drug-likeness (QED) is 0.441. The first-order valence-electron chi connectivity index (χ1n) is 8.99. The molecule has 0 aliphatic rings. The molecule has 0 aliphatic carbocycles. The first-order chi connectivity index (χ1) is 14.5. The Morgan fingerprint density at radius 3 is 2.37 bits per heavy atom. The molecule has 8 heteroatoms. The van der Waals surface area contributed by atoms with Gasteiger partial charge in [-0.1, -0.05) is 18.2 Å². The highest BCUT2D eigenvalue weighted by atomic mass is 16.6. The molecule has 0 atom stereocenters. The lowest BCUT2D eigenvalue weighted by Gasteiger charge is -2.13. The van der Waals surface area contributed by atoms with Crippen LogP contribution < -0.4 is 19.5 Å². The fourth-order valence-electron chi connectivity index (χ4n) is 2.79. The highest BCUT2D eigenvalue weighted by Gasteiger charge is 2.15. The van der Waals surface area contributed by atoms with Crippen LogP contribution in [0, 0.1) is 10.1 Å². The molecule has 30 heavy (non-hydrogen) atoms. The van der Waals surface area contributed by atoms with Crippen LogP contribution in [0.1, 0.15) is 0 Å². The van der Waals surface area contributed by atoms with Crippen LogP contribution in [0.5, 0.6) is 17.2 Å². The van der Waals surface area contributed by atoms with Crippen molar-refractivity contribution in [1.29, 1.82) is 0 Å². The van der Waals surface area contributed by atoms with E-state index < -0.39 is 4.92 Å². The second-order valence-corrected chi connectivity index (χ2v) is 6.23. The number of methoxy groups -OCH3 is 2. The van der Waals surface area contributed by atoms with Gasteiger partial charge in [0.2, 0.25) is 0 Å². The number of nitrogens with zero attached hydrogens (tertiary/aromatic N) is 1. The highest BCUT2D eigenvalue weighted by molar-refractivity contribution is 5.92. The van der Waals surface area contributed by atoms with E-state index in [0.29, 0.717) is 34.1 Å². The Hall–Kier alpha value is -4.07. The van der Waals surface area contributed by atoms with Gasteiger partial charge in [0.05, 0.1) is 19.1 Å². The number of hydrogen-bond acceptors (Lipinski definition) is 6. The average molecular weight is 408 g/mol. The Bertz CT molecular complexity index is 1050. The minimum absolute atomic E-state index is 0.0750. The molecule has 3 aromatic rings. The summed E-state index contributed by atoms with van der Waals surface area (Å²) in [6.45, 7) is -0.266. The molecular formula is C22H20N2O6. The smallest absolute Gasteiger partial charge is 0.270 e. The van der Waals surface area contributed by atoms with Crippen LogP contribution in [0.25, 0.3) is 11.1 Å². The van der Waals surface area contributed by atoms with Gasteiger partial charge in [-0.15, -0.1) is 0 Å². The molecule has 0 bridgehead atoms. The van der Waals surface area contributed by atoms with E-state index in [4.69, 9.17) is 14.2 Å². The number of carbonyl (C=O) groups is 1. The second-order valence-electron chi connectivity index (χ2n) is 6.23. The average Bonchev–Trinajstić information content (AvgIpc) is 2.77. The van der Waals surface area contributed by atoms with Gasteiger partial charge in [0.15, 0.2) is 6.61 Å². The molecule has 0 fully saturated rings. The summed E-state index contributed by atoms with van der Waals surface area (Å²) in [5, 5.41) is 13.9. The van der Waals surface area contributed by atoms with Crippen molar-refractivity contribution in [3.63, 3.8) is 0 Å². The number of carbonyl (C=O) groups excluding carboxylic acids is 1. The van der Waals surface area contributed by atoms with Gasteiger partial charge in [-0.3, -0.25) is 14.9 Å². The van der Waals surface area contributed by atoms with Crippen molar-refractivity contribution < 1.29 is 23.9 Å². The fourth-order valence-corrected chi connectivity index (χ4v) is 2.79. The number of ether oxygens (including phenoxy) is 3. The summed E-state index contributed by atoms with van der Waals surface area (Å²) >= 11 is 0. The van der Waals surface area contributed by atoms with E-state index in [9.17, 15) is 14.9 Å². The van der Waals surface area contributed by atoms with Gasteiger partial charge < -0.3 is 19.5 Å². The number of nitro benzene ring substituents is 1. The van der Waals surface area contributed by atoms with Crippen molar-refractivity contribution in [3.05, 3.63) is 76.8 Å². The molecule has 0 saturated carbocycles. The maximum atomic E-state index is 12.3. The topological polar surface area (TPSA) is 99.9 Å². The van der Waals surface area contributed by atoms with Gasteiger partial charge in [0, 0.05) is 29.4 Å². The predicted molar refractivity (Wildman–Crippen MR) is 112 cm³/mol. The summed E-state index contributed by atoms with van der Waals surface area (Å²) in [7, 11) is 3.09. The van der Waals surface area contributed by atoms with E-state index >= 15 is 0 Å². The van der Waals surface area contributed by atoms with Crippen LogP contribution in [0.3, 0.4) is 0 Å². The molecule has 1 N–H and O–H groups in total. The molecule has 1 amide bonds. The molecule has 3 rings (SSSR count). The number of rotatable bonds is 8. The molecular weight excluding hydrogens is 388 g/mol. The van der Waals surface area contributed by atoms with Gasteiger partial charge in [-0.05, 0) is 35.9 Å². The van der Waals surface area contributed by atoms with Crippen molar-refractivity contribution in [2.75, 3.05) is 26.1 Å². The van der Waals surface area contributed by atoms with E-state index in [-0.39, 0.29) is 18.2 Å². The molecule has 0 unspecified atom stereocenters. The summed E-state index contributed by atoms with van der Waals surface area (Å²) in [6, 6.07) is 18.2. The normalized spacial score (nSPS) is 10.2. The number of amides is 1. The zero-order chi connectivity index (χ0) is 21.5. The van der Waals surface area contributed by atoms with Gasteiger partial charge in [-0.2, -0.15) is 0 Å². The van der Waals surface area contributed by atoms with Crippen LogP contribution in [-0.2, 0) is 4.79 Å². The van der Waals surface area contributed by atoms with Crippen molar-refractivity contribution in [3.8, 4) is 28.4 Å². The number of hydrogen-bond donors (Lipinski definition) is 1. The first kappa shape index (κ1) is 20.7. The number of non-ortho nitro benzene ring substituents is 1. The lowest BCUT2D eigenvalue weighted by molar-refractivity contribution is -0.384. The standard InChI is InChI=1S/C22H20N2O6/c1-28-18-9-6-15(7-10-18)20-13-17(24(26)27)8-11-21(20)30-14-22(25)23-16-4-3-5-19(12-16)29-2/h3-13H,14H2,1-2H3,(H,23,25). The number of anilines is 1. The molecule has 3 aromatic carbocycles. The van der Waals surface area contributed by atoms with E-state index in [1.165, 1.54) is 18.2 Å². The largest absolute Gasteiger partial charge is 0.497 e. The Morgan fingerprint density at radius 2 is 1.70 bits per heavy atom. The van der Waals surface area contributed by atoms with Crippen molar-refractivity contribution in [1.82, 2.24) is 0 Å². The molecule has 154 valence electrons. The van der Waals surface area contributed by atoms with Crippen molar-refractivity contribution in [2.24, 2.45) is 0 Å². The lowest BCUT2D eigenvalue weighted by Crippen LogP contribution is -2.20. The number of nitro groups is 1. The third-order valence-corrected chi connectivity index (χ3v) is 4.29. The number of nitrogens with one attached hydrogen (secondary N) is 1. The fraction of sp³-hybridized carbons (Fsp3) is 0.136. The third-order valence-electron chi connectivity index (χ3n) is 4.29. The van der Waals surface area contributed by atoms with Crippen LogP contribution in [-0.4, -0.2) is 31.7 Å². The van der Waals surface area contributed by atoms with E-state index in [1.54, 1.807) is 62.8 Å². The van der Waals surface area contributed by atoms with Crippen LogP contribution in [0.15, 0.2) is 66.7 Å². The van der Waals surface area contributed by atoms with Gasteiger partial charge in [-0.25, -0.2) is 0 Å². The maximum Gasteiger partial charge on any atom is 0.270 e. The van der Waals surface area contributed by atoms with Crippen LogP contribution >= 0.6 is 0 Å². The van der Waals surface area contributed by atoms with Crippen LogP contribution in [0.2, 0.25) is 0 Å². The summed E-state index contributed by atoms with van der Waals surface area (Å²) in [4.78, 5) is 23.0. The molecule has 0 radical (unpaired) electrons. The Balaban J connectivity index is 1.78. The van der Waals surface area contributed by atoms with Crippen molar-refractivity contribution >= 4 is 17.3 Å². The predicted octanol–water partition coefficient (Wildman–Crippen LogP) is 4.30. The molecule has 0 aromatic heterocycles. The minimum Gasteiger partial charge on any atom is -0.497 e. The van der Waals surface area contributed by atoms with Crippen LogP contribution in [0.4, 0.5) is 11.4 Å². The SMILES string of the molecule is COc1ccc(-c2cc([N+](=O)[O-])ccc2OCC(=O)Nc2cccc(OC)c2)cc1. The monoisotopic (exact) mass is 408 g/mol. The molecule has 0 aliphatic heterocycles. The number of benzene rings is 3. The zero-order valence-electron chi connectivity index (χ0n) is 16.5. The molecule has 0 heterocycles. The molecule has 0 spiro atoms. The van der Waals surface area contributed by atoms with Gasteiger partial charge in [0.25, 0.3) is 11.6 Å². The summed E-state index contributed by atoms with van der Waals surface area (Å²) < 4.78 is 16.0. The first-order valence-corrected chi connectivity index (χ1v) is 8.99. The Labute approximate surface area is 173 Å². The van der Waals surface area contributed by atoms with E-state index in [0.717, 1.165) is 0 Å². The van der Waals surface area contributed by atoms with Crippen molar-refractivity contribution in [2.45, 2.75) is 0 Å². The summed E-state index contributed by atoms with van der Waals surface area (Å²) in [5.41, 5.74) is 1.69. The zero-order valence-corrected chi connectivity index (χ0v) is 16.5. The highest BCUT2D eigenvalue weighted by Crippen LogP contribution is 2.34. The molecule has 0 saturated heterocycles. The third kappa shape index (κ3) is 5.05. The maximum absolute atomic E-state index is 12.3. The minimum atomic E-state index is -0.480.